The van der Waals surface area contributed by atoms with Crippen molar-refractivity contribution in [1.82, 2.24) is 0 Å². The minimum Gasteiger partial charge on any atom is -0.497 e. The number of benzene rings is 2. The summed E-state index contributed by atoms with van der Waals surface area (Å²) in [5, 5.41) is 0. The molecule has 2 atom stereocenters. The summed E-state index contributed by atoms with van der Waals surface area (Å²) >= 11 is 0. The molecule has 0 spiro atoms. The standard InChI is InChI=1S/C21H21NO5/c1-20-21(2,26-13-25-20)27-18(22-20)12-15-6-4-5-7-17(15)19(23)14-8-10-16(24-3)11-9-14/h4-11H,12-13H2,1-3H3. The fraction of sp³-hybridized carbons (Fsp3) is 0.333. The van der Waals surface area contributed by atoms with E-state index in [1.165, 1.54) is 0 Å². The van der Waals surface area contributed by atoms with E-state index in [0.29, 0.717) is 29.2 Å². The van der Waals surface area contributed by atoms with Crippen molar-refractivity contribution in [2.24, 2.45) is 4.99 Å². The third-order valence-corrected chi connectivity index (χ3v) is 5.12. The molecule has 140 valence electrons. The first-order valence-corrected chi connectivity index (χ1v) is 8.76. The zero-order valence-corrected chi connectivity index (χ0v) is 15.5. The van der Waals surface area contributed by atoms with Crippen LogP contribution in [0.15, 0.2) is 53.5 Å². The Kier molecular flexibility index (Phi) is 4.25. The highest BCUT2D eigenvalue weighted by molar-refractivity contribution is 6.10. The van der Waals surface area contributed by atoms with Gasteiger partial charge in [-0.1, -0.05) is 24.3 Å². The van der Waals surface area contributed by atoms with E-state index in [-0.39, 0.29) is 12.6 Å². The SMILES string of the molecule is COc1ccc(C(=O)c2ccccc2CC2=NC3(C)OCOC3(C)O2)cc1. The Morgan fingerprint density at radius 1 is 1.11 bits per heavy atom. The lowest BCUT2D eigenvalue weighted by molar-refractivity contribution is -0.160. The van der Waals surface area contributed by atoms with Gasteiger partial charge in [0.25, 0.3) is 5.79 Å². The quantitative estimate of drug-likeness (QED) is 0.759. The molecule has 0 saturated carbocycles. The Labute approximate surface area is 157 Å². The summed E-state index contributed by atoms with van der Waals surface area (Å²) in [4.78, 5) is 17.6. The van der Waals surface area contributed by atoms with Crippen LogP contribution in [0.5, 0.6) is 5.75 Å². The molecule has 2 aromatic carbocycles. The number of nitrogens with zero attached hydrogens (tertiary/aromatic N) is 1. The van der Waals surface area contributed by atoms with Crippen LogP contribution >= 0.6 is 0 Å². The normalized spacial score (nSPS) is 26.3. The minimum atomic E-state index is -0.933. The Balaban J connectivity index is 1.60. The Hall–Kier alpha value is -2.70. The monoisotopic (exact) mass is 367 g/mol. The first kappa shape index (κ1) is 17.7. The minimum absolute atomic E-state index is 0.0584. The van der Waals surface area contributed by atoms with E-state index < -0.39 is 11.5 Å². The van der Waals surface area contributed by atoms with E-state index in [2.05, 4.69) is 4.99 Å². The molecule has 0 bridgehead atoms. The number of methoxy groups -OCH3 is 1. The van der Waals surface area contributed by atoms with Crippen molar-refractivity contribution >= 4 is 11.7 Å². The van der Waals surface area contributed by atoms with Crippen LogP contribution in [0.2, 0.25) is 0 Å². The molecule has 0 amide bonds. The Morgan fingerprint density at radius 2 is 1.85 bits per heavy atom. The average Bonchev–Trinajstić information content (AvgIpc) is 3.08. The van der Waals surface area contributed by atoms with Gasteiger partial charge in [-0.2, -0.15) is 0 Å². The van der Waals surface area contributed by atoms with Crippen molar-refractivity contribution in [2.75, 3.05) is 13.9 Å². The summed E-state index contributed by atoms with van der Waals surface area (Å²) in [5.74, 6) is 0.213. The second kappa shape index (κ2) is 6.48. The molecule has 2 aliphatic heterocycles. The van der Waals surface area contributed by atoms with Crippen molar-refractivity contribution < 1.29 is 23.7 Å². The van der Waals surface area contributed by atoms with Crippen molar-refractivity contribution in [3.63, 3.8) is 0 Å². The van der Waals surface area contributed by atoms with Crippen LogP contribution in [0.3, 0.4) is 0 Å². The molecule has 2 heterocycles. The predicted octanol–water partition coefficient (Wildman–Crippen LogP) is 3.33. The summed E-state index contributed by atoms with van der Waals surface area (Å²) in [6.07, 6.45) is 0.385. The van der Waals surface area contributed by atoms with E-state index in [1.54, 1.807) is 31.4 Å². The third kappa shape index (κ3) is 3.01. The van der Waals surface area contributed by atoms with Crippen LogP contribution in [0.25, 0.3) is 0 Å². The van der Waals surface area contributed by atoms with Gasteiger partial charge in [-0.15, -0.1) is 0 Å². The van der Waals surface area contributed by atoms with Gasteiger partial charge in [-0.25, -0.2) is 4.99 Å². The Morgan fingerprint density at radius 3 is 2.56 bits per heavy atom. The van der Waals surface area contributed by atoms with Gasteiger partial charge in [0.2, 0.25) is 5.72 Å². The number of aliphatic imine (C=N–C) groups is 1. The largest absolute Gasteiger partial charge is 0.497 e. The molecule has 0 aliphatic carbocycles. The fourth-order valence-corrected chi connectivity index (χ4v) is 3.30. The van der Waals surface area contributed by atoms with Crippen LogP contribution in [-0.4, -0.2) is 37.1 Å². The van der Waals surface area contributed by atoms with E-state index in [1.807, 2.05) is 38.1 Å². The maximum absolute atomic E-state index is 13.0. The number of fused-ring (bicyclic) bond motifs is 1. The van der Waals surface area contributed by atoms with Gasteiger partial charge in [0.05, 0.1) is 7.11 Å². The second-order valence-electron chi connectivity index (χ2n) is 6.83. The molecule has 1 fully saturated rings. The van der Waals surface area contributed by atoms with Gasteiger partial charge in [-0.3, -0.25) is 4.79 Å². The molecule has 0 aromatic heterocycles. The lowest BCUT2D eigenvalue weighted by atomic mass is 9.96. The molecular weight excluding hydrogens is 346 g/mol. The summed E-state index contributed by atoms with van der Waals surface area (Å²) in [7, 11) is 1.60. The van der Waals surface area contributed by atoms with Crippen LogP contribution in [0, 0.1) is 0 Å². The number of carbonyl (C=O) groups excluding carboxylic acids is 1. The molecular formula is C21H21NO5. The molecule has 1 saturated heterocycles. The first-order valence-electron chi connectivity index (χ1n) is 8.76. The van der Waals surface area contributed by atoms with Gasteiger partial charge in [0, 0.05) is 24.5 Å². The molecule has 0 radical (unpaired) electrons. The summed E-state index contributed by atoms with van der Waals surface area (Å²) < 4.78 is 22.2. The van der Waals surface area contributed by atoms with Gasteiger partial charge in [0.15, 0.2) is 18.5 Å². The van der Waals surface area contributed by atoms with Gasteiger partial charge < -0.3 is 18.9 Å². The maximum Gasteiger partial charge on any atom is 0.261 e. The number of hydrogen-bond donors (Lipinski definition) is 0. The molecule has 0 N–H and O–H groups in total. The van der Waals surface area contributed by atoms with Crippen LogP contribution in [-0.2, 0) is 20.6 Å². The molecule has 6 nitrogen and oxygen atoms in total. The zero-order chi connectivity index (χ0) is 19.1. The van der Waals surface area contributed by atoms with Crippen LogP contribution < -0.4 is 4.74 Å². The molecule has 2 unspecified atom stereocenters. The molecule has 2 aliphatic rings. The topological polar surface area (TPSA) is 66.4 Å². The summed E-state index contributed by atoms with van der Waals surface area (Å²) in [6, 6.07) is 14.5. The van der Waals surface area contributed by atoms with Crippen LogP contribution in [0.4, 0.5) is 0 Å². The van der Waals surface area contributed by atoms with E-state index in [0.717, 1.165) is 5.56 Å². The number of ether oxygens (including phenoxy) is 4. The van der Waals surface area contributed by atoms with E-state index in [9.17, 15) is 4.79 Å². The smallest absolute Gasteiger partial charge is 0.261 e. The number of carbonyl (C=O) groups is 1. The Bertz CT molecular complexity index is 907. The van der Waals surface area contributed by atoms with E-state index >= 15 is 0 Å². The fourth-order valence-electron chi connectivity index (χ4n) is 3.30. The summed E-state index contributed by atoms with van der Waals surface area (Å²) in [6.45, 7) is 3.79. The van der Waals surface area contributed by atoms with Crippen molar-refractivity contribution in [3.8, 4) is 5.75 Å². The van der Waals surface area contributed by atoms with Gasteiger partial charge in [-0.05, 0) is 36.8 Å². The first-order chi connectivity index (χ1) is 12.9. The zero-order valence-electron chi connectivity index (χ0n) is 15.5. The molecule has 4 rings (SSSR count). The second-order valence-corrected chi connectivity index (χ2v) is 6.83. The van der Waals surface area contributed by atoms with Gasteiger partial charge in [0.1, 0.15) is 5.75 Å². The highest BCUT2D eigenvalue weighted by Gasteiger charge is 2.59. The average molecular weight is 367 g/mol. The van der Waals surface area contributed by atoms with Crippen LogP contribution in [0.1, 0.15) is 35.3 Å². The lowest BCUT2D eigenvalue weighted by Crippen LogP contribution is -2.43. The van der Waals surface area contributed by atoms with Crippen molar-refractivity contribution in [2.45, 2.75) is 31.8 Å². The maximum atomic E-state index is 13.0. The third-order valence-electron chi connectivity index (χ3n) is 5.12. The van der Waals surface area contributed by atoms with E-state index in [4.69, 9.17) is 18.9 Å². The van der Waals surface area contributed by atoms with Crippen molar-refractivity contribution in [3.05, 3.63) is 65.2 Å². The lowest BCUT2D eigenvalue weighted by Gasteiger charge is -2.26. The highest BCUT2D eigenvalue weighted by atomic mass is 16.8. The van der Waals surface area contributed by atoms with Gasteiger partial charge >= 0.3 is 0 Å². The number of rotatable bonds is 5. The summed E-state index contributed by atoms with van der Waals surface area (Å²) in [5.41, 5.74) is 1.18. The molecule has 27 heavy (non-hydrogen) atoms. The van der Waals surface area contributed by atoms with Crippen molar-refractivity contribution in [1.29, 1.82) is 0 Å². The highest BCUT2D eigenvalue weighted by Crippen LogP contribution is 2.42. The number of ketones is 1. The molecule has 2 aromatic rings. The number of hydrogen-bond acceptors (Lipinski definition) is 6. The predicted molar refractivity (Wildman–Crippen MR) is 98.9 cm³/mol. The molecule has 6 heteroatoms.